The molecule has 4 amide bonds. The standard InChI is InChI=1S/C11H15N3O5/c1-5(6(2)10(17)18)9(16)14-11(19)13-7-3-8(15)12-4-7/h7H,3-4H2,1-2H3,(H,12,15)(H,17,18)(H2,13,14,16,19). The van der Waals surface area contributed by atoms with Gasteiger partial charge in [0, 0.05) is 24.1 Å². The van der Waals surface area contributed by atoms with Crippen LogP contribution in [0.4, 0.5) is 4.79 Å². The van der Waals surface area contributed by atoms with Crippen molar-refractivity contribution in [1.82, 2.24) is 16.0 Å². The van der Waals surface area contributed by atoms with Crippen molar-refractivity contribution >= 4 is 23.8 Å². The molecular formula is C11H15N3O5. The smallest absolute Gasteiger partial charge is 0.331 e. The minimum absolute atomic E-state index is 0.0525. The van der Waals surface area contributed by atoms with E-state index in [1.807, 2.05) is 5.32 Å². The van der Waals surface area contributed by atoms with Gasteiger partial charge in [0.05, 0.1) is 6.04 Å². The van der Waals surface area contributed by atoms with E-state index < -0.39 is 17.9 Å². The summed E-state index contributed by atoms with van der Waals surface area (Å²) in [4.78, 5) is 44.6. The predicted molar refractivity (Wildman–Crippen MR) is 64.1 cm³/mol. The minimum Gasteiger partial charge on any atom is -0.478 e. The van der Waals surface area contributed by atoms with Crippen molar-refractivity contribution in [3.63, 3.8) is 0 Å². The van der Waals surface area contributed by atoms with Crippen LogP contribution in [-0.2, 0) is 14.4 Å². The first kappa shape index (κ1) is 14.7. The number of carboxylic acids is 1. The number of carbonyl (C=O) groups is 4. The summed E-state index contributed by atoms with van der Waals surface area (Å²) < 4.78 is 0. The Hall–Kier alpha value is -2.38. The molecule has 104 valence electrons. The Bertz CT molecular complexity index is 469. The van der Waals surface area contributed by atoms with Gasteiger partial charge in [0.25, 0.3) is 5.91 Å². The van der Waals surface area contributed by atoms with E-state index in [2.05, 4.69) is 10.6 Å². The van der Waals surface area contributed by atoms with Crippen LogP contribution in [0.2, 0.25) is 0 Å². The highest BCUT2D eigenvalue weighted by Gasteiger charge is 2.24. The number of urea groups is 1. The molecule has 1 aliphatic rings. The van der Waals surface area contributed by atoms with E-state index in [1.165, 1.54) is 13.8 Å². The zero-order valence-electron chi connectivity index (χ0n) is 10.6. The first-order valence-corrected chi connectivity index (χ1v) is 5.60. The first-order chi connectivity index (χ1) is 8.81. The van der Waals surface area contributed by atoms with Crippen molar-refractivity contribution in [2.75, 3.05) is 6.54 Å². The quantitative estimate of drug-likeness (QED) is 0.495. The van der Waals surface area contributed by atoms with Gasteiger partial charge in [-0.15, -0.1) is 0 Å². The molecular weight excluding hydrogens is 254 g/mol. The second kappa shape index (κ2) is 5.98. The summed E-state index contributed by atoms with van der Waals surface area (Å²) in [6.07, 6.45) is 0.157. The number of imide groups is 1. The van der Waals surface area contributed by atoms with Crippen molar-refractivity contribution in [3.8, 4) is 0 Å². The Balaban J connectivity index is 2.53. The lowest BCUT2D eigenvalue weighted by Gasteiger charge is -2.11. The topological polar surface area (TPSA) is 125 Å². The van der Waals surface area contributed by atoms with Gasteiger partial charge in [-0.2, -0.15) is 0 Å². The van der Waals surface area contributed by atoms with Crippen LogP contribution in [-0.4, -0.2) is 41.5 Å². The molecule has 4 N–H and O–H groups in total. The van der Waals surface area contributed by atoms with Gasteiger partial charge < -0.3 is 15.7 Å². The maximum absolute atomic E-state index is 11.6. The highest BCUT2D eigenvalue weighted by Crippen LogP contribution is 2.03. The van der Waals surface area contributed by atoms with Crippen molar-refractivity contribution in [2.24, 2.45) is 0 Å². The van der Waals surface area contributed by atoms with Gasteiger partial charge >= 0.3 is 12.0 Å². The molecule has 8 nitrogen and oxygen atoms in total. The average Bonchev–Trinajstić information content (AvgIpc) is 2.72. The zero-order valence-corrected chi connectivity index (χ0v) is 10.6. The molecule has 1 aliphatic heterocycles. The maximum atomic E-state index is 11.6. The number of rotatable bonds is 3. The summed E-state index contributed by atoms with van der Waals surface area (Å²) in [6, 6.07) is -1.13. The normalized spacial score (nSPS) is 19.3. The number of hydrogen-bond acceptors (Lipinski definition) is 4. The van der Waals surface area contributed by atoms with E-state index in [-0.39, 0.29) is 29.5 Å². The lowest BCUT2D eigenvalue weighted by Crippen LogP contribution is -2.45. The second-order valence-corrected chi connectivity index (χ2v) is 4.19. The lowest BCUT2D eigenvalue weighted by atomic mass is 10.1. The molecule has 1 atom stereocenters. The van der Waals surface area contributed by atoms with Gasteiger partial charge in [0.2, 0.25) is 5.91 Å². The Kier molecular flexibility index (Phi) is 4.62. The Morgan fingerprint density at radius 2 is 1.89 bits per heavy atom. The van der Waals surface area contributed by atoms with Gasteiger partial charge in [0.15, 0.2) is 0 Å². The Labute approximate surface area is 109 Å². The summed E-state index contributed by atoms with van der Waals surface area (Å²) in [7, 11) is 0. The van der Waals surface area contributed by atoms with Gasteiger partial charge in [0.1, 0.15) is 0 Å². The van der Waals surface area contributed by atoms with Gasteiger partial charge in [-0.3, -0.25) is 14.9 Å². The number of carbonyl (C=O) groups excluding carboxylic acids is 3. The predicted octanol–water partition coefficient (Wildman–Crippen LogP) is -0.878. The fraction of sp³-hybridized carbons (Fsp3) is 0.455. The van der Waals surface area contributed by atoms with Crippen molar-refractivity contribution in [2.45, 2.75) is 26.3 Å². The molecule has 0 bridgehead atoms. The van der Waals surface area contributed by atoms with Crippen LogP contribution in [0.5, 0.6) is 0 Å². The molecule has 0 aromatic carbocycles. The Morgan fingerprint density at radius 3 is 2.37 bits per heavy atom. The highest BCUT2D eigenvalue weighted by molar-refractivity contribution is 6.07. The van der Waals surface area contributed by atoms with Crippen LogP contribution in [0.15, 0.2) is 11.1 Å². The van der Waals surface area contributed by atoms with E-state index in [0.717, 1.165) is 0 Å². The SMILES string of the molecule is CC(C(=O)O)=C(C)C(=O)NC(=O)NC1CNC(=O)C1. The second-order valence-electron chi connectivity index (χ2n) is 4.19. The molecule has 1 fully saturated rings. The third kappa shape index (κ3) is 4.09. The third-order valence-electron chi connectivity index (χ3n) is 2.76. The van der Waals surface area contributed by atoms with Crippen molar-refractivity contribution in [3.05, 3.63) is 11.1 Å². The summed E-state index contributed by atoms with van der Waals surface area (Å²) in [5.41, 5.74) is -0.189. The molecule has 0 saturated carbocycles. The molecule has 0 radical (unpaired) electrons. The van der Waals surface area contributed by atoms with E-state index in [4.69, 9.17) is 5.11 Å². The zero-order chi connectivity index (χ0) is 14.6. The van der Waals surface area contributed by atoms with E-state index in [1.54, 1.807) is 0 Å². The van der Waals surface area contributed by atoms with Crippen LogP contribution in [0.3, 0.4) is 0 Å². The van der Waals surface area contributed by atoms with Crippen LogP contribution < -0.4 is 16.0 Å². The summed E-state index contributed by atoms with van der Waals surface area (Å²) in [5, 5.41) is 15.7. The fourth-order valence-electron chi connectivity index (χ4n) is 1.46. The van der Waals surface area contributed by atoms with Crippen LogP contribution in [0, 0.1) is 0 Å². The highest BCUT2D eigenvalue weighted by atomic mass is 16.4. The lowest BCUT2D eigenvalue weighted by molar-refractivity contribution is -0.133. The summed E-state index contributed by atoms with van der Waals surface area (Å²) >= 11 is 0. The molecule has 0 aromatic heterocycles. The van der Waals surface area contributed by atoms with Gasteiger partial charge in [-0.05, 0) is 13.8 Å². The molecule has 1 unspecified atom stereocenters. The number of aliphatic carboxylic acids is 1. The molecule has 1 saturated heterocycles. The monoisotopic (exact) mass is 269 g/mol. The molecule has 0 aromatic rings. The number of amides is 4. The first-order valence-electron chi connectivity index (χ1n) is 5.60. The minimum atomic E-state index is -1.22. The molecule has 1 heterocycles. The van der Waals surface area contributed by atoms with E-state index >= 15 is 0 Å². The Morgan fingerprint density at radius 1 is 1.26 bits per heavy atom. The van der Waals surface area contributed by atoms with Crippen LogP contribution >= 0.6 is 0 Å². The van der Waals surface area contributed by atoms with Crippen LogP contribution in [0.1, 0.15) is 20.3 Å². The summed E-state index contributed by atoms with van der Waals surface area (Å²) in [6.45, 7) is 2.89. The van der Waals surface area contributed by atoms with E-state index in [0.29, 0.717) is 6.54 Å². The van der Waals surface area contributed by atoms with Crippen LogP contribution in [0.25, 0.3) is 0 Å². The molecule has 1 rings (SSSR count). The third-order valence-corrected chi connectivity index (χ3v) is 2.76. The van der Waals surface area contributed by atoms with Crippen molar-refractivity contribution < 1.29 is 24.3 Å². The van der Waals surface area contributed by atoms with Gasteiger partial charge in [-0.25, -0.2) is 9.59 Å². The molecule has 19 heavy (non-hydrogen) atoms. The molecule has 8 heteroatoms. The molecule has 0 aliphatic carbocycles. The maximum Gasteiger partial charge on any atom is 0.331 e. The number of carboxylic acid groups (broad SMARTS) is 1. The number of nitrogens with one attached hydrogen (secondary N) is 3. The fourth-order valence-corrected chi connectivity index (χ4v) is 1.46. The van der Waals surface area contributed by atoms with Crippen molar-refractivity contribution in [1.29, 1.82) is 0 Å². The van der Waals surface area contributed by atoms with E-state index in [9.17, 15) is 19.2 Å². The summed E-state index contributed by atoms with van der Waals surface area (Å²) in [5.74, 6) is -2.18. The average molecular weight is 269 g/mol. The largest absolute Gasteiger partial charge is 0.478 e. The van der Waals surface area contributed by atoms with Gasteiger partial charge in [-0.1, -0.05) is 0 Å². The molecule has 0 spiro atoms. The number of hydrogen-bond donors (Lipinski definition) is 4.